The van der Waals surface area contributed by atoms with E-state index >= 15 is 0 Å². The molecule has 0 aliphatic heterocycles. The molecule has 1 aromatic rings. The van der Waals surface area contributed by atoms with Gasteiger partial charge in [-0.25, -0.2) is 9.18 Å². The van der Waals surface area contributed by atoms with Gasteiger partial charge in [0.1, 0.15) is 11.6 Å². The first-order valence-corrected chi connectivity index (χ1v) is 6.63. The Balaban J connectivity index is 2.73. The highest BCUT2D eigenvalue weighted by atomic mass is 19.3. The van der Waals surface area contributed by atoms with E-state index in [-0.39, 0.29) is 23.9 Å². The summed E-state index contributed by atoms with van der Waals surface area (Å²) in [5.41, 5.74) is -1.37. The van der Waals surface area contributed by atoms with Gasteiger partial charge < -0.3 is 20.5 Å². The van der Waals surface area contributed by atoms with Gasteiger partial charge in [-0.3, -0.25) is 0 Å². The highest BCUT2D eigenvalue weighted by molar-refractivity contribution is 5.90. The molecule has 124 valence electrons. The van der Waals surface area contributed by atoms with Crippen LogP contribution in [-0.2, 0) is 0 Å². The van der Waals surface area contributed by atoms with Gasteiger partial charge >= 0.3 is 12.6 Å². The van der Waals surface area contributed by atoms with E-state index in [1.165, 1.54) is 0 Å². The molecule has 0 aliphatic carbocycles. The van der Waals surface area contributed by atoms with Crippen LogP contribution >= 0.6 is 0 Å². The van der Waals surface area contributed by atoms with Gasteiger partial charge in [0.15, 0.2) is 0 Å². The molecule has 8 heteroatoms. The molecule has 0 fully saturated rings. The second kappa shape index (κ2) is 7.35. The number of urea groups is 1. The summed E-state index contributed by atoms with van der Waals surface area (Å²) in [6, 6.07) is 2.01. The summed E-state index contributed by atoms with van der Waals surface area (Å²) < 4.78 is 41.9. The number of amides is 2. The van der Waals surface area contributed by atoms with Crippen LogP contribution in [0.1, 0.15) is 20.8 Å². The molecular weight excluding hydrogens is 301 g/mol. The van der Waals surface area contributed by atoms with Crippen LogP contribution in [0.25, 0.3) is 0 Å². The van der Waals surface area contributed by atoms with Crippen LogP contribution in [0, 0.1) is 11.7 Å². The molecule has 22 heavy (non-hydrogen) atoms. The molecule has 2 amide bonds. The van der Waals surface area contributed by atoms with Crippen LogP contribution in [0.4, 0.5) is 23.7 Å². The second-order valence-corrected chi connectivity index (χ2v) is 5.34. The topological polar surface area (TPSA) is 70.6 Å². The zero-order valence-corrected chi connectivity index (χ0v) is 12.5. The average molecular weight is 320 g/mol. The monoisotopic (exact) mass is 320 g/mol. The summed E-state index contributed by atoms with van der Waals surface area (Å²) in [4.78, 5) is 11.7. The number of carbonyl (C=O) groups excluding carboxylic acids is 1. The Hall–Kier alpha value is -1.96. The molecule has 0 bridgehead atoms. The molecule has 0 heterocycles. The summed E-state index contributed by atoms with van der Waals surface area (Å²) in [7, 11) is 0. The summed E-state index contributed by atoms with van der Waals surface area (Å²) in [5, 5.41) is 14.6. The van der Waals surface area contributed by atoms with Gasteiger partial charge in [-0.15, -0.1) is 0 Å². The number of rotatable bonds is 6. The Morgan fingerprint density at radius 1 is 1.41 bits per heavy atom. The Kier molecular flexibility index (Phi) is 6.04. The minimum Gasteiger partial charge on any atom is -0.433 e. The number of halogens is 3. The third kappa shape index (κ3) is 5.44. The van der Waals surface area contributed by atoms with E-state index in [1.54, 1.807) is 20.8 Å². The maximum absolute atomic E-state index is 13.2. The second-order valence-electron chi connectivity index (χ2n) is 5.34. The van der Waals surface area contributed by atoms with Crippen molar-refractivity contribution in [1.29, 1.82) is 0 Å². The van der Waals surface area contributed by atoms with Gasteiger partial charge in [-0.05, 0) is 25.0 Å². The number of nitrogens with one attached hydrogen (secondary N) is 2. The van der Waals surface area contributed by atoms with Gasteiger partial charge in [0.05, 0.1) is 11.3 Å². The van der Waals surface area contributed by atoms with E-state index < -0.39 is 24.1 Å². The van der Waals surface area contributed by atoms with E-state index in [9.17, 15) is 23.1 Å². The highest BCUT2D eigenvalue weighted by Gasteiger charge is 2.25. The third-order valence-electron chi connectivity index (χ3n) is 3.26. The molecule has 0 saturated heterocycles. The number of anilines is 1. The quantitative estimate of drug-likeness (QED) is 0.755. The van der Waals surface area contributed by atoms with E-state index in [0.717, 1.165) is 18.2 Å². The molecular formula is C14H19F3N2O3. The first-order chi connectivity index (χ1) is 10.1. The number of hydrogen-bond acceptors (Lipinski definition) is 3. The van der Waals surface area contributed by atoms with Crippen molar-refractivity contribution in [3.05, 3.63) is 24.0 Å². The summed E-state index contributed by atoms with van der Waals surface area (Å²) >= 11 is 0. The SMILES string of the molecule is CC(C)C(C)(O)CNC(=O)Nc1cc(F)ccc1OC(F)F. The Labute approximate surface area is 126 Å². The van der Waals surface area contributed by atoms with Crippen molar-refractivity contribution in [2.45, 2.75) is 33.0 Å². The fourth-order valence-electron chi connectivity index (χ4n) is 1.43. The van der Waals surface area contributed by atoms with Crippen molar-refractivity contribution in [3.8, 4) is 5.75 Å². The molecule has 3 N–H and O–H groups in total. The Morgan fingerprint density at radius 2 is 2.05 bits per heavy atom. The van der Waals surface area contributed by atoms with Crippen molar-refractivity contribution in [2.75, 3.05) is 11.9 Å². The van der Waals surface area contributed by atoms with Crippen molar-refractivity contribution in [3.63, 3.8) is 0 Å². The predicted molar refractivity (Wildman–Crippen MR) is 75.5 cm³/mol. The molecule has 0 aromatic heterocycles. The Bertz CT molecular complexity index is 522. The first kappa shape index (κ1) is 18.1. The molecule has 1 atom stereocenters. The summed E-state index contributed by atoms with van der Waals surface area (Å²) in [6.07, 6.45) is 0. The lowest BCUT2D eigenvalue weighted by atomic mass is 9.93. The predicted octanol–water partition coefficient (Wildman–Crippen LogP) is 2.96. The standard InChI is InChI=1S/C14H19F3N2O3/c1-8(2)14(3,21)7-18-13(20)19-10-6-9(15)4-5-11(10)22-12(16)17/h4-6,8,12,21H,7H2,1-3H3,(H2,18,19,20). The highest BCUT2D eigenvalue weighted by Crippen LogP contribution is 2.27. The van der Waals surface area contributed by atoms with E-state index in [0.29, 0.717) is 0 Å². The molecule has 1 rings (SSSR count). The molecule has 0 saturated carbocycles. The lowest BCUT2D eigenvalue weighted by molar-refractivity contribution is -0.0494. The van der Waals surface area contributed by atoms with Gasteiger partial charge in [0, 0.05) is 12.6 Å². The van der Waals surface area contributed by atoms with Gasteiger partial charge in [-0.2, -0.15) is 8.78 Å². The van der Waals surface area contributed by atoms with Crippen molar-refractivity contribution >= 4 is 11.7 Å². The molecule has 5 nitrogen and oxygen atoms in total. The number of alkyl halides is 2. The lowest BCUT2D eigenvalue weighted by Crippen LogP contribution is -2.45. The van der Waals surface area contributed by atoms with Gasteiger partial charge in [-0.1, -0.05) is 13.8 Å². The third-order valence-corrected chi connectivity index (χ3v) is 3.26. The first-order valence-electron chi connectivity index (χ1n) is 6.63. The van der Waals surface area contributed by atoms with Crippen molar-refractivity contribution in [2.24, 2.45) is 5.92 Å². The molecule has 1 unspecified atom stereocenters. The van der Waals surface area contributed by atoms with Crippen LogP contribution in [-0.4, -0.2) is 29.9 Å². The molecule has 0 spiro atoms. The number of carbonyl (C=O) groups is 1. The maximum Gasteiger partial charge on any atom is 0.387 e. The zero-order valence-electron chi connectivity index (χ0n) is 12.5. The Morgan fingerprint density at radius 3 is 2.59 bits per heavy atom. The van der Waals surface area contributed by atoms with Crippen LogP contribution in [0.5, 0.6) is 5.75 Å². The van der Waals surface area contributed by atoms with Crippen LogP contribution < -0.4 is 15.4 Å². The van der Waals surface area contributed by atoms with Crippen LogP contribution in [0.15, 0.2) is 18.2 Å². The van der Waals surface area contributed by atoms with Crippen LogP contribution in [0.3, 0.4) is 0 Å². The van der Waals surface area contributed by atoms with Gasteiger partial charge in [0.25, 0.3) is 0 Å². The fraction of sp³-hybridized carbons (Fsp3) is 0.500. The number of hydrogen-bond donors (Lipinski definition) is 3. The van der Waals surface area contributed by atoms with Crippen LogP contribution in [0.2, 0.25) is 0 Å². The maximum atomic E-state index is 13.2. The normalized spacial score (nSPS) is 13.9. The lowest BCUT2D eigenvalue weighted by Gasteiger charge is -2.27. The minimum atomic E-state index is -3.10. The summed E-state index contributed by atoms with van der Waals surface area (Å²) in [6.45, 7) is 1.94. The number of benzene rings is 1. The van der Waals surface area contributed by atoms with E-state index in [4.69, 9.17) is 0 Å². The smallest absolute Gasteiger partial charge is 0.387 e. The molecule has 0 radical (unpaired) electrons. The average Bonchev–Trinajstić information content (AvgIpc) is 2.39. The number of aliphatic hydroxyl groups is 1. The van der Waals surface area contributed by atoms with Gasteiger partial charge in [0.2, 0.25) is 0 Å². The van der Waals surface area contributed by atoms with E-state index in [2.05, 4.69) is 15.4 Å². The van der Waals surface area contributed by atoms with E-state index in [1.807, 2.05) is 0 Å². The molecule has 1 aromatic carbocycles. The zero-order chi connectivity index (χ0) is 16.9. The fourth-order valence-corrected chi connectivity index (χ4v) is 1.43. The molecule has 0 aliphatic rings. The van der Waals surface area contributed by atoms with Crippen molar-refractivity contribution in [1.82, 2.24) is 5.32 Å². The summed E-state index contributed by atoms with van der Waals surface area (Å²) in [5.74, 6) is -1.19. The van der Waals surface area contributed by atoms with Crippen molar-refractivity contribution < 1.29 is 27.8 Å². The largest absolute Gasteiger partial charge is 0.433 e. The number of ether oxygens (including phenoxy) is 1. The minimum absolute atomic E-state index is 0.0587.